The van der Waals surface area contributed by atoms with Crippen LogP contribution in [-0.2, 0) is 11.4 Å². The number of carboxylic acid groups (broad SMARTS) is 1. The number of aliphatic carboxylic acids is 1. The van der Waals surface area contributed by atoms with Crippen LogP contribution in [0.15, 0.2) is 81.3 Å². The van der Waals surface area contributed by atoms with E-state index in [0.717, 1.165) is 17.3 Å². The van der Waals surface area contributed by atoms with E-state index in [1.165, 1.54) is 20.3 Å². The maximum absolute atomic E-state index is 12.0. The summed E-state index contributed by atoms with van der Waals surface area (Å²) in [5.74, 6) is 0.694. The highest BCUT2D eigenvalue weighted by Crippen LogP contribution is 2.34. The van der Waals surface area contributed by atoms with Gasteiger partial charge < -0.3 is 23.7 Å². The zero-order chi connectivity index (χ0) is 25.5. The summed E-state index contributed by atoms with van der Waals surface area (Å²) >= 11 is 6.78. The molecule has 0 saturated heterocycles. The number of carbonyl (C=O) groups is 1. The van der Waals surface area contributed by atoms with E-state index in [1.54, 1.807) is 48.5 Å². The van der Waals surface area contributed by atoms with Gasteiger partial charge in [-0.05, 0) is 53.7 Å². The predicted octanol–water partition coefficient (Wildman–Crippen LogP) is 6.20. The van der Waals surface area contributed by atoms with Crippen molar-refractivity contribution in [2.45, 2.75) is 11.8 Å². The molecule has 4 aromatic rings. The summed E-state index contributed by atoms with van der Waals surface area (Å²) in [4.78, 5) is 12.0. The molecule has 10 heteroatoms. The molecule has 0 atom stereocenters. The lowest BCUT2D eigenvalue weighted by molar-refractivity contribution is -0.131. The third-order valence-electron chi connectivity index (χ3n) is 4.93. The summed E-state index contributed by atoms with van der Waals surface area (Å²) in [7, 11) is 3.07. The molecule has 184 valence electrons. The Morgan fingerprint density at radius 3 is 2.39 bits per heavy atom. The van der Waals surface area contributed by atoms with Gasteiger partial charge in [-0.25, -0.2) is 4.79 Å². The van der Waals surface area contributed by atoms with Crippen molar-refractivity contribution in [3.05, 3.63) is 87.8 Å². The van der Waals surface area contributed by atoms with E-state index >= 15 is 0 Å². The summed E-state index contributed by atoms with van der Waals surface area (Å²) in [6, 6.07) is 19.6. The molecule has 0 radical (unpaired) electrons. The van der Waals surface area contributed by atoms with E-state index in [9.17, 15) is 9.90 Å². The molecule has 1 N–H and O–H groups in total. The molecule has 36 heavy (non-hydrogen) atoms. The summed E-state index contributed by atoms with van der Waals surface area (Å²) in [5.41, 5.74) is 2.10. The Morgan fingerprint density at radius 1 is 1.03 bits per heavy atom. The number of ether oxygens (including phenoxy) is 3. The average molecular weight is 525 g/mol. The van der Waals surface area contributed by atoms with Crippen LogP contribution >= 0.6 is 23.4 Å². The molecule has 0 saturated carbocycles. The van der Waals surface area contributed by atoms with Crippen LogP contribution in [0.25, 0.3) is 17.5 Å². The van der Waals surface area contributed by atoms with E-state index in [2.05, 4.69) is 10.2 Å². The third-order valence-corrected chi connectivity index (χ3v) is 6.03. The highest BCUT2D eigenvalue weighted by Gasteiger charge is 2.18. The van der Waals surface area contributed by atoms with Gasteiger partial charge >= 0.3 is 5.97 Å². The van der Waals surface area contributed by atoms with Gasteiger partial charge in [0.2, 0.25) is 5.89 Å². The number of carboxylic acids is 1. The fraction of sp³-hybridized carbons (Fsp3) is 0.115. The van der Waals surface area contributed by atoms with Crippen LogP contribution < -0.4 is 14.2 Å². The number of nitrogens with zero attached hydrogens (tertiary/aromatic N) is 2. The molecule has 1 aromatic heterocycles. The molecule has 0 fully saturated rings. The van der Waals surface area contributed by atoms with Gasteiger partial charge in [0.1, 0.15) is 28.8 Å². The smallest absolute Gasteiger partial charge is 0.342 e. The Kier molecular flexibility index (Phi) is 8.14. The number of thioether (sulfide) groups is 1. The molecular weight excluding hydrogens is 504 g/mol. The molecule has 8 nitrogen and oxygen atoms in total. The second-order valence-electron chi connectivity index (χ2n) is 7.34. The lowest BCUT2D eigenvalue weighted by Crippen LogP contribution is -1.99. The largest absolute Gasteiger partial charge is 0.497 e. The van der Waals surface area contributed by atoms with Gasteiger partial charge in [0.15, 0.2) is 0 Å². The van der Waals surface area contributed by atoms with Crippen molar-refractivity contribution in [2.75, 3.05) is 14.2 Å². The van der Waals surface area contributed by atoms with E-state index in [-0.39, 0.29) is 16.0 Å². The minimum absolute atomic E-state index is 0.0176. The second-order valence-corrected chi connectivity index (χ2v) is 8.77. The molecule has 0 aliphatic heterocycles. The Morgan fingerprint density at radius 2 is 1.72 bits per heavy atom. The van der Waals surface area contributed by atoms with E-state index in [4.69, 9.17) is 30.2 Å². The molecule has 4 rings (SSSR count). The summed E-state index contributed by atoms with van der Waals surface area (Å²) in [6.45, 7) is 0.300. The SMILES string of the molecule is COc1cc(OC)cc(-c2nnc(S/C(=C\c3ccccc3OCc3ccc(Cl)cc3)C(=O)O)o2)c1. The quantitative estimate of drug-likeness (QED) is 0.191. The van der Waals surface area contributed by atoms with Crippen molar-refractivity contribution in [1.29, 1.82) is 0 Å². The number of methoxy groups -OCH3 is 2. The van der Waals surface area contributed by atoms with Crippen LogP contribution in [0.3, 0.4) is 0 Å². The Labute approximate surface area is 216 Å². The highest BCUT2D eigenvalue weighted by molar-refractivity contribution is 8.03. The molecule has 0 aliphatic carbocycles. The van der Waals surface area contributed by atoms with Crippen LogP contribution in [0.4, 0.5) is 0 Å². The zero-order valence-corrected chi connectivity index (χ0v) is 20.9. The Hall–Kier alpha value is -3.95. The molecule has 0 aliphatic rings. The summed E-state index contributed by atoms with van der Waals surface area (Å²) in [6.07, 6.45) is 1.50. The van der Waals surface area contributed by atoms with Crippen molar-refractivity contribution in [3.8, 4) is 28.7 Å². The first-order chi connectivity index (χ1) is 17.4. The van der Waals surface area contributed by atoms with E-state index in [0.29, 0.717) is 40.0 Å². The molecule has 0 bridgehead atoms. The number of para-hydroxylation sites is 1. The molecule has 1 heterocycles. The van der Waals surface area contributed by atoms with Crippen molar-refractivity contribution < 1.29 is 28.5 Å². The van der Waals surface area contributed by atoms with E-state index in [1.807, 2.05) is 18.2 Å². The van der Waals surface area contributed by atoms with Crippen molar-refractivity contribution >= 4 is 35.4 Å². The zero-order valence-electron chi connectivity index (χ0n) is 19.3. The topological polar surface area (TPSA) is 104 Å². The Balaban J connectivity index is 1.55. The van der Waals surface area contributed by atoms with E-state index < -0.39 is 5.97 Å². The van der Waals surface area contributed by atoms with Crippen LogP contribution in [0, 0.1) is 0 Å². The first-order valence-electron chi connectivity index (χ1n) is 10.6. The lowest BCUT2D eigenvalue weighted by atomic mass is 10.2. The maximum atomic E-state index is 12.0. The Bertz CT molecular complexity index is 1370. The van der Waals surface area contributed by atoms with Crippen LogP contribution in [0.5, 0.6) is 17.2 Å². The second kappa shape index (κ2) is 11.7. The first kappa shape index (κ1) is 25.2. The number of halogens is 1. The van der Waals surface area contributed by atoms with Gasteiger partial charge in [0, 0.05) is 22.2 Å². The summed E-state index contributed by atoms with van der Waals surface area (Å²) in [5, 5.41) is 18.6. The average Bonchev–Trinajstić information content (AvgIpc) is 3.37. The predicted molar refractivity (Wildman–Crippen MR) is 137 cm³/mol. The standard InChI is InChI=1S/C26H21ClN2O6S/c1-32-20-11-18(12-21(14-20)33-2)24-28-29-26(35-24)36-23(25(30)31)13-17-5-3-4-6-22(17)34-15-16-7-9-19(27)10-8-16/h3-14H,15H2,1-2H3,(H,30,31)/b23-13-. The first-order valence-corrected chi connectivity index (χ1v) is 11.8. The molecule has 3 aromatic carbocycles. The number of aromatic nitrogens is 2. The number of benzene rings is 3. The number of rotatable bonds is 10. The molecule has 0 amide bonds. The van der Waals surface area contributed by atoms with Gasteiger partial charge in [0.05, 0.1) is 14.2 Å². The van der Waals surface area contributed by atoms with Gasteiger partial charge in [0.25, 0.3) is 5.22 Å². The molecular formula is C26H21ClN2O6S. The summed E-state index contributed by atoms with van der Waals surface area (Å²) < 4.78 is 22.2. The van der Waals surface area contributed by atoms with Gasteiger partial charge in [-0.15, -0.1) is 10.2 Å². The van der Waals surface area contributed by atoms with Gasteiger partial charge in [-0.3, -0.25) is 0 Å². The lowest BCUT2D eigenvalue weighted by Gasteiger charge is -2.10. The molecule has 0 unspecified atom stereocenters. The van der Waals surface area contributed by atoms with Crippen LogP contribution in [0.2, 0.25) is 5.02 Å². The van der Waals surface area contributed by atoms with Gasteiger partial charge in [-0.1, -0.05) is 41.9 Å². The minimum atomic E-state index is -1.14. The monoisotopic (exact) mass is 524 g/mol. The van der Waals surface area contributed by atoms with Crippen molar-refractivity contribution in [2.24, 2.45) is 0 Å². The molecule has 0 spiro atoms. The number of hydrogen-bond donors (Lipinski definition) is 1. The van der Waals surface area contributed by atoms with Crippen LogP contribution in [0.1, 0.15) is 11.1 Å². The fourth-order valence-electron chi connectivity index (χ4n) is 3.14. The van der Waals surface area contributed by atoms with Crippen molar-refractivity contribution in [3.63, 3.8) is 0 Å². The maximum Gasteiger partial charge on any atom is 0.342 e. The highest BCUT2D eigenvalue weighted by atomic mass is 35.5. The minimum Gasteiger partial charge on any atom is -0.497 e. The normalized spacial score (nSPS) is 11.2. The third kappa shape index (κ3) is 6.38. The van der Waals surface area contributed by atoms with Crippen LogP contribution in [-0.4, -0.2) is 35.5 Å². The fourth-order valence-corrected chi connectivity index (χ4v) is 3.93. The number of hydrogen-bond acceptors (Lipinski definition) is 8. The van der Waals surface area contributed by atoms with Crippen molar-refractivity contribution in [1.82, 2.24) is 10.2 Å². The van der Waals surface area contributed by atoms with Gasteiger partial charge in [-0.2, -0.15) is 0 Å².